The Balaban J connectivity index is 2.38. The van der Waals surface area contributed by atoms with Crippen LogP contribution in [0, 0.1) is 0 Å². The lowest BCUT2D eigenvalue weighted by Crippen LogP contribution is -2.36. The topological polar surface area (TPSA) is 3.88 Å². The van der Waals surface area contributed by atoms with Crippen LogP contribution in [0.3, 0.4) is 0 Å². The van der Waals surface area contributed by atoms with Crippen LogP contribution in [0.25, 0.3) is 16.8 Å². The van der Waals surface area contributed by atoms with Crippen molar-refractivity contribution in [3.05, 3.63) is 61.5 Å². The second-order valence-corrected chi connectivity index (χ2v) is 4.16. The van der Waals surface area contributed by atoms with E-state index in [-0.39, 0.29) is 0 Å². The van der Waals surface area contributed by atoms with E-state index in [1.165, 1.54) is 16.5 Å². The normalized spacial score (nSPS) is 10.4. The number of fused-ring (bicyclic) bond motifs is 1. The van der Waals surface area contributed by atoms with Crippen LogP contribution in [0.4, 0.5) is 0 Å². The molecule has 0 aliphatic rings. The summed E-state index contributed by atoms with van der Waals surface area (Å²) in [6, 6.07) is 10.6. The third-order valence-corrected chi connectivity index (χ3v) is 2.94. The van der Waals surface area contributed by atoms with Gasteiger partial charge in [0, 0.05) is 23.9 Å². The highest BCUT2D eigenvalue weighted by Crippen LogP contribution is 2.13. The van der Waals surface area contributed by atoms with E-state index in [0.717, 1.165) is 19.4 Å². The Labute approximate surface area is 103 Å². The van der Waals surface area contributed by atoms with E-state index in [0.29, 0.717) is 0 Å². The Morgan fingerprint density at radius 2 is 1.88 bits per heavy atom. The van der Waals surface area contributed by atoms with E-state index in [1.807, 2.05) is 12.2 Å². The number of allylic oxidation sites excluding steroid dienone is 1. The van der Waals surface area contributed by atoms with E-state index in [2.05, 4.69) is 54.3 Å². The number of rotatable bonds is 5. The molecule has 1 heteroatoms. The van der Waals surface area contributed by atoms with Crippen LogP contribution in [0.1, 0.15) is 18.5 Å². The summed E-state index contributed by atoms with van der Waals surface area (Å²) in [7, 11) is 0. The summed E-state index contributed by atoms with van der Waals surface area (Å²) in [6.45, 7) is 8.65. The lowest BCUT2D eigenvalue weighted by molar-refractivity contribution is -0.697. The molecule has 0 radical (unpaired) electrons. The fraction of sp³-hybridized carbons (Fsp3) is 0.188. The molecule has 0 saturated carbocycles. The molecule has 0 spiro atoms. The van der Waals surface area contributed by atoms with Crippen molar-refractivity contribution in [1.82, 2.24) is 0 Å². The molecule has 1 heterocycles. The summed E-state index contributed by atoms with van der Waals surface area (Å²) < 4.78 is 2.26. The molecule has 0 aliphatic carbocycles. The van der Waals surface area contributed by atoms with Gasteiger partial charge in [-0.15, -0.1) is 6.58 Å². The van der Waals surface area contributed by atoms with E-state index in [1.54, 1.807) is 0 Å². The summed E-state index contributed by atoms with van der Waals surface area (Å²) in [5, 5.41) is 2.54. The molecule has 0 unspecified atom stereocenters. The summed E-state index contributed by atoms with van der Waals surface area (Å²) in [6.07, 6.45) is 8.26. The van der Waals surface area contributed by atoms with Crippen LogP contribution in [0.15, 0.2) is 55.8 Å². The number of pyridine rings is 1. The van der Waals surface area contributed by atoms with Crippen LogP contribution in [-0.2, 0) is 6.54 Å². The van der Waals surface area contributed by atoms with Gasteiger partial charge in [0.1, 0.15) is 6.54 Å². The zero-order valence-electron chi connectivity index (χ0n) is 10.1. The minimum atomic E-state index is 1.01. The number of nitrogens with zero attached hydrogens (tertiary/aromatic N) is 1. The first kappa shape index (κ1) is 11.6. The van der Waals surface area contributed by atoms with Gasteiger partial charge in [-0.3, -0.25) is 0 Å². The molecule has 0 saturated heterocycles. The number of aromatic nitrogens is 1. The summed E-state index contributed by atoms with van der Waals surface area (Å²) in [5.74, 6) is 0. The maximum absolute atomic E-state index is 3.89. The van der Waals surface area contributed by atoms with Gasteiger partial charge in [-0.05, 0) is 17.9 Å². The third-order valence-electron chi connectivity index (χ3n) is 2.94. The average molecular weight is 224 g/mol. The Bertz CT molecular complexity index is 540. The Kier molecular flexibility index (Phi) is 3.71. The number of aryl methyl sites for hydroxylation is 1. The van der Waals surface area contributed by atoms with Crippen molar-refractivity contribution in [3.8, 4) is 0 Å². The molecule has 0 bridgehead atoms. The lowest BCUT2D eigenvalue weighted by Gasteiger charge is -2.02. The van der Waals surface area contributed by atoms with Gasteiger partial charge < -0.3 is 0 Å². The first-order valence-corrected chi connectivity index (χ1v) is 6.00. The summed E-state index contributed by atoms with van der Waals surface area (Å²) >= 11 is 0. The number of benzene rings is 1. The van der Waals surface area contributed by atoms with E-state index in [9.17, 15) is 0 Å². The standard InChI is InChI=1S/C16H18N/c1-3-5-8-11-17-13-15-10-7-6-9-14(15)12-16(17)4-2/h3-4,6-7,9-10,12-13H,1-2,5,8,11H2/q+1. The highest BCUT2D eigenvalue weighted by molar-refractivity contribution is 5.81. The van der Waals surface area contributed by atoms with Gasteiger partial charge in [0.15, 0.2) is 6.20 Å². The Hall–Kier alpha value is -1.89. The van der Waals surface area contributed by atoms with E-state index in [4.69, 9.17) is 0 Å². The van der Waals surface area contributed by atoms with Crippen LogP contribution < -0.4 is 4.57 Å². The quantitative estimate of drug-likeness (QED) is 0.414. The minimum absolute atomic E-state index is 1.01. The number of unbranched alkanes of at least 4 members (excludes halogenated alkanes) is 1. The smallest absolute Gasteiger partial charge is 0.198 e. The second-order valence-electron chi connectivity index (χ2n) is 4.16. The Morgan fingerprint density at radius 3 is 2.59 bits per heavy atom. The van der Waals surface area contributed by atoms with Gasteiger partial charge in [0.2, 0.25) is 5.69 Å². The Morgan fingerprint density at radius 1 is 1.12 bits per heavy atom. The monoisotopic (exact) mass is 224 g/mol. The molecule has 0 N–H and O–H groups in total. The van der Waals surface area contributed by atoms with Gasteiger partial charge in [0.25, 0.3) is 0 Å². The van der Waals surface area contributed by atoms with Crippen LogP contribution in [0.5, 0.6) is 0 Å². The lowest BCUT2D eigenvalue weighted by atomic mass is 10.1. The minimum Gasteiger partial charge on any atom is -0.198 e. The fourth-order valence-corrected chi connectivity index (χ4v) is 2.02. The van der Waals surface area contributed by atoms with Crippen molar-refractivity contribution in [2.24, 2.45) is 0 Å². The third kappa shape index (κ3) is 2.62. The molecule has 1 aromatic heterocycles. The predicted octanol–water partition coefficient (Wildman–Crippen LogP) is 3.74. The molecular formula is C16H18N+. The van der Waals surface area contributed by atoms with Crippen molar-refractivity contribution in [3.63, 3.8) is 0 Å². The molecule has 0 fully saturated rings. The average Bonchev–Trinajstić information content (AvgIpc) is 2.38. The maximum Gasteiger partial charge on any atom is 0.205 e. The molecular weight excluding hydrogens is 206 g/mol. The molecule has 2 rings (SSSR count). The van der Waals surface area contributed by atoms with Gasteiger partial charge in [-0.25, -0.2) is 0 Å². The molecule has 0 atom stereocenters. The van der Waals surface area contributed by atoms with Crippen molar-refractivity contribution >= 4 is 16.8 Å². The molecule has 0 aliphatic heterocycles. The van der Waals surface area contributed by atoms with Crippen molar-refractivity contribution < 1.29 is 4.57 Å². The largest absolute Gasteiger partial charge is 0.205 e. The maximum atomic E-state index is 3.89. The zero-order chi connectivity index (χ0) is 12.1. The number of hydrogen-bond donors (Lipinski definition) is 0. The molecule has 2 aromatic rings. The van der Waals surface area contributed by atoms with Crippen LogP contribution >= 0.6 is 0 Å². The molecule has 1 aromatic carbocycles. The molecule has 17 heavy (non-hydrogen) atoms. The van der Waals surface area contributed by atoms with E-state index >= 15 is 0 Å². The number of hydrogen-bond acceptors (Lipinski definition) is 0. The first-order valence-electron chi connectivity index (χ1n) is 6.00. The van der Waals surface area contributed by atoms with Gasteiger partial charge in [-0.2, -0.15) is 4.57 Å². The van der Waals surface area contributed by atoms with Crippen molar-refractivity contribution in [1.29, 1.82) is 0 Å². The SMILES string of the molecule is C=CCCC[n+]1cc2ccccc2cc1C=C. The molecule has 0 amide bonds. The highest BCUT2D eigenvalue weighted by atomic mass is 14.9. The van der Waals surface area contributed by atoms with Crippen molar-refractivity contribution in [2.75, 3.05) is 0 Å². The first-order chi connectivity index (χ1) is 8.35. The van der Waals surface area contributed by atoms with Gasteiger partial charge in [-0.1, -0.05) is 30.9 Å². The summed E-state index contributed by atoms with van der Waals surface area (Å²) in [4.78, 5) is 0. The molecule has 1 nitrogen and oxygen atoms in total. The fourth-order valence-electron chi connectivity index (χ4n) is 2.02. The highest BCUT2D eigenvalue weighted by Gasteiger charge is 2.08. The second kappa shape index (κ2) is 5.44. The van der Waals surface area contributed by atoms with Crippen LogP contribution in [0.2, 0.25) is 0 Å². The van der Waals surface area contributed by atoms with Gasteiger partial charge >= 0.3 is 0 Å². The van der Waals surface area contributed by atoms with E-state index < -0.39 is 0 Å². The molecule has 86 valence electrons. The summed E-state index contributed by atoms with van der Waals surface area (Å²) in [5.41, 5.74) is 1.17. The van der Waals surface area contributed by atoms with Gasteiger partial charge in [0.05, 0.1) is 0 Å². The van der Waals surface area contributed by atoms with Crippen molar-refractivity contribution in [2.45, 2.75) is 19.4 Å². The zero-order valence-corrected chi connectivity index (χ0v) is 10.1. The van der Waals surface area contributed by atoms with Crippen LogP contribution in [-0.4, -0.2) is 0 Å². The predicted molar refractivity (Wildman–Crippen MR) is 73.7 cm³/mol.